The molecule has 136 valence electrons. The van der Waals surface area contributed by atoms with Crippen molar-refractivity contribution >= 4 is 27.7 Å². The second-order valence-corrected chi connectivity index (χ2v) is 6.46. The number of carbonyl (C=O) groups is 1. The van der Waals surface area contributed by atoms with E-state index in [-0.39, 0.29) is 4.90 Å². The Hall–Kier alpha value is -2.96. The summed E-state index contributed by atoms with van der Waals surface area (Å²) < 4.78 is 31.0. The molecular weight excluding hydrogens is 352 g/mol. The number of fused-ring (bicyclic) bond motifs is 1. The lowest BCUT2D eigenvalue weighted by Gasteiger charge is -2.02. The quantitative estimate of drug-likeness (QED) is 0.535. The molecule has 0 unspecified atom stereocenters. The van der Waals surface area contributed by atoms with Crippen LogP contribution in [-0.2, 0) is 21.3 Å². The zero-order valence-corrected chi connectivity index (χ0v) is 14.9. The second kappa shape index (κ2) is 10.1. The first-order valence-electron chi connectivity index (χ1n) is 7.55. The van der Waals surface area contributed by atoms with Crippen molar-refractivity contribution in [1.29, 1.82) is 0 Å². The lowest BCUT2D eigenvalue weighted by atomic mass is 10.1. The van der Waals surface area contributed by atoms with Crippen molar-refractivity contribution in [2.24, 2.45) is 0 Å². The molecule has 0 heterocycles. The average Bonchev–Trinajstić information content (AvgIpc) is 2.65. The van der Waals surface area contributed by atoms with Gasteiger partial charge < -0.3 is 9.90 Å². The third kappa shape index (κ3) is 5.84. The summed E-state index contributed by atoms with van der Waals surface area (Å²) in [7, 11) is -4.13. The van der Waals surface area contributed by atoms with Gasteiger partial charge in [-0.05, 0) is 29.5 Å². The maximum atomic E-state index is 11.0. The fraction of sp³-hybridized carbons (Fsp3) is 0.0500. The molecule has 0 spiro atoms. The van der Waals surface area contributed by atoms with E-state index in [1.807, 2.05) is 31.1 Å². The number of hydrogen-bond donors (Lipinski definition) is 2. The third-order valence-corrected chi connectivity index (χ3v) is 4.30. The first-order chi connectivity index (χ1) is 12.4. The van der Waals surface area contributed by atoms with Gasteiger partial charge in [-0.15, -0.1) is 6.58 Å². The van der Waals surface area contributed by atoms with Crippen LogP contribution in [0.5, 0.6) is 5.75 Å². The van der Waals surface area contributed by atoms with Crippen LogP contribution in [0.25, 0.3) is 10.8 Å². The predicted octanol–water partition coefficient (Wildman–Crippen LogP) is 4.02. The van der Waals surface area contributed by atoms with Crippen molar-refractivity contribution in [2.75, 3.05) is 0 Å². The summed E-state index contributed by atoms with van der Waals surface area (Å²) in [6, 6.07) is 19.1. The largest absolute Gasteiger partial charge is 0.508 e. The van der Waals surface area contributed by atoms with Gasteiger partial charge in [-0.25, -0.2) is 0 Å². The van der Waals surface area contributed by atoms with Gasteiger partial charge in [0.2, 0.25) is 0 Å². The van der Waals surface area contributed by atoms with Crippen molar-refractivity contribution in [3.63, 3.8) is 0 Å². The molecule has 0 atom stereocenters. The molecule has 0 bridgehead atoms. The number of allylic oxidation sites excluding steroid dienone is 1. The fourth-order valence-corrected chi connectivity index (χ4v) is 2.97. The third-order valence-electron chi connectivity index (χ3n) is 3.38. The van der Waals surface area contributed by atoms with E-state index in [1.165, 1.54) is 6.07 Å². The average molecular weight is 372 g/mol. The molecule has 3 aromatic rings. The fourth-order valence-electron chi connectivity index (χ4n) is 2.26. The Kier molecular flexibility index (Phi) is 8.21. The van der Waals surface area contributed by atoms with Gasteiger partial charge >= 0.3 is 0 Å². The molecule has 5 nitrogen and oxygen atoms in total. The molecule has 0 amide bonds. The normalized spacial score (nSPS) is 10.0. The molecular formula is C20H20O5S. The van der Waals surface area contributed by atoms with Gasteiger partial charge in [-0.2, -0.15) is 8.42 Å². The Labute approximate surface area is 153 Å². The summed E-state index contributed by atoms with van der Waals surface area (Å²) in [5.41, 5.74) is 0.928. The molecule has 0 aliphatic carbocycles. The highest BCUT2D eigenvalue weighted by Crippen LogP contribution is 2.22. The molecule has 0 aromatic heterocycles. The Morgan fingerprint density at radius 1 is 0.885 bits per heavy atom. The van der Waals surface area contributed by atoms with Crippen LogP contribution in [0.1, 0.15) is 5.56 Å². The maximum Gasteiger partial charge on any atom is 0.295 e. The second-order valence-electron chi connectivity index (χ2n) is 5.07. The SMILES string of the molecule is C=CCc1ccccc1O.C=O.O=S(=O)(O)c1cccc2ccccc12. The van der Waals surface area contributed by atoms with Gasteiger partial charge in [0.05, 0.1) is 0 Å². The lowest BCUT2D eigenvalue weighted by molar-refractivity contribution is -0.0980. The maximum absolute atomic E-state index is 11.0. The van der Waals surface area contributed by atoms with E-state index in [1.54, 1.807) is 42.5 Å². The molecule has 6 heteroatoms. The topological polar surface area (TPSA) is 91.7 Å². The molecule has 0 aliphatic heterocycles. The molecule has 0 fully saturated rings. The minimum atomic E-state index is -4.13. The summed E-state index contributed by atoms with van der Waals surface area (Å²) in [5.74, 6) is 0.349. The lowest BCUT2D eigenvalue weighted by Crippen LogP contribution is -1.98. The van der Waals surface area contributed by atoms with Crippen LogP contribution in [0.3, 0.4) is 0 Å². The number of phenols is 1. The van der Waals surface area contributed by atoms with E-state index < -0.39 is 10.1 Å². The molecule has 2 N–H and O–H groups in total. The van der Waals surface area contributed by atoms with Crippen LogP contribution in [0.4, 0.5) is 0 Å². The summed E-state index contributed by atoms with van der Waals surface area (Å²) in [5, 5.41) is 10.5. The van der Waals surface area contributed by atoms with E-state index in [2.05, 4.69) is 6.58 Å². The van der Waals surface area contributed by atoms with Gasteiger partial charge in [0.1, 0.15) is 17.4 Å². The Morgan fingerprint density at radius 2 is 1.46 bits per heavy atom. The van der Waals surface area contributed by atoms with Crippen molar-refractivity contribution < 1.29 is 22.9 Å². The Morgan fingerprint density at radius 3 is 2.08 bits per heavy atom. The number of rotatable bonds is 3. The monoisotopic (exact) mass is 372 g/mol. The molecule has 3 aromatic carbocycles. The summed E-state index contributed by atoms with van der Waals surface area (Å²) >= 11 is 0. The highest BCUT2D eigenvalue weighted by molar-refractivity contribution is 7.86. The van der Waals surface area contributed by atoms with Gasteiger partial charge in [0, 0.05) is 5.39 Å². The van der Waals surface area contributed by atoms with Crippen molar-refractivity contribution in [3.05, 3.63) is 84.9 Å². The first-order valence-corrected chi connectivity index (χ1v) is 8.99. The molecule has 0 aliphatic rings. The standard InChI is InChI=1S/C10H8O3S.C9H10O.CH2O/c11-14(12,13)10-7-3-5-8-4-1-2-6-9(8)10;1-2-5-8-6-3-4-7-9(8)10;1-2/h1-7H,(H,11,12,13);2-4,6-7,10H,1,5H2;1H2. The number of benzene rings is 3. The Balaban J connectivity index is 0.000000249. The van der Waals surface area contributed by atoms with E-state index in [4.69, 9.17) is 9.35 Å². The Bertz CT molecular complexity index is 959. The first kappa shape index (κ1) is 21.1. The van der Waals surface area contributed by atoms with Gasteiger partial charge in [-0.3, -0.25) is 4.55 Å². The molecule has 0 radical (unpaired) electrons. The van der Waals surface area contributed by atoms with Crippen LogP contribution >= 0.6 is 0 Å². The van der Waals surface area contributed by atoms with Crippen LogP contribution in [0.2, 0.25) is 0 Å². The smallest absolute Gasteiger partial charge is 0.295 e. The highest BCUT2D eigenvalue weighted by atomic mass is 32.2. The van der Waals surface area contributed by atoms with Crippen molar-refractivity contribution in [1.82, 2.24) is 0 Å². The van der Waals surface area contributed by atoms with Crippen molar-refractivity contribution in [3.8, 4) is 5.75 Å². The minimum absolute atomic E-state index is 0.0457. The van der Waals surface area contributed by atoms with Gasteiger partial charge in [-0.1, -0.05) is 60.7 Å². The van der Waals surface area contributed by atoms with Crippen LogP contribution in [0.15, 0.2) is 84.3 Å². The number of phenolic OH excluding ortho intramolecular Hbond substituents is 1. The molecule has 26 heavy (non-hydrogen) atoms. The van der Waals surface area contributed by atoms with Crippen LogP contribution in [-0.4, -0.2) is 24.9 Å². The number of carbonyl (C=O) groups excluding carboxylic acids is 1. The van der Waals surface area contributed by atoms with Crippen LogP contribution in [0, 0.1) is 0 Å². The van der Waals surface area contributed by atoms with E-state index in [9.17, 15) is 13.5 Å². The molecule has 0 saturated carbocycles. The van der Waals surface area contributed by atoms with E-state index in [0.717, 1.165) is 17.4 Å². The van der Waals surface area contributed by atoms with Crippen molar-refractivity contribution in [2.45, 2.75) is 11.3 Å². The number of aromatic hydroxyl groups is 1. The van der Waals surface area contributed by atoms with Gasteiger partial charge in [0.15, 0.2) is 0 Å². The number of hydrogen-bond acceptors (Lipinski definition) is 4. The number of para-hydroxylation sites is 1. The van der Waals surface area contributed by atoms with E-state index in [0.29, 0.717) is 11.1 Å². The zero-order chi connectivity index (χ0) is 19.6. The summed E-state index contributed by atoms with van der Waals surface area (Å²) in [6.07, 6.45) is 2.50. The molecule has 3 rings (SSSR count). The minimum Gasteiger partial charge on any atom is -0.508 e. The van der Waals surface area contributed by atoms with Crippen LogP contribution < -0.4 is 0 Å². The van der Waals surface area contributed by atoms with Gasteiger partial charge in [0.25, 0.3) is 10.1 Å². The summed E-state index contributed by atoms with van der Waals surface area (Å²) in [4.78, 5) is 7.95. The zero-order valence-electron chi connectivity index (χ0n) is 14.1. The summed E-state index contributed by atoms with van der Waals surface area (Å²) in [6.45, 7) is 5.59. The highest BCUT2D eigenvalue weighted by Gasteiger charge is 2.12. The predicted molar refractivity (Wildman–Crippen MR) is 103 cm³/mol. The van der Waals surface area contributed by atoms with E-state index >= 15 is 0 Å². The molecule has 0 saturated heterocycles.